The lowest BCUT2D eigenvalue weighted by molar-refractivity contribution is -0.145. The van der Waals surface area contributed by atoms with Crippen LogP contribution >= 0.6 is 11.3 Å². The molecule has 0 radical (unpaired) electrons. The number of amides is 4. The number of ether oxygens (including phenoxy) is 2. The van der Waals surface area contributed by atoms with Gasteiger partial charge in [-0.05, 0) is 69.2 Å². The summed E-state index contributed by atoms with van der Waals surface area (Å²) in [6.07, 6.45) is 7.62. The molecule has 5 heterocycles. The molecule has 2 aliphatic heterocycles. The number of allylic oxidation sites excluding steroid dienone is 1. The van der Waals surface area contributed by atoms with Crippen molar-refractivity contribution in [3.8, 4) is 22.9 Å². The number of aliphatic carboxylic acids is 1. The number of nitrogens with zero attached hydrogens (tertiary/aromatic N) is 5. The number of anilines is 1. The molecule has 1 saturated heterocycles. The molecule has 4 aromatic rings. The first-order valence-electron chi connectivity index (χ1n) is 22.6. The molecule has 1 aliphatic carbocycles. The van der Waals surface area contributed by atoms with Crippen LogP contribution in [0.25, 0.3) is 22.3 Å². The Labute approximate surface area is 395 Å². The minimum atomic E-state index is -4.00. The number of sulfonamides is 1. The standard InChI is InChI=1S/C47H61N9O9S2/c1-28(2)49-45-52-36(27-66-45)35-23-38(32-19-18-30(64-7)21-34(32)50-35)65-31-22-37-41(57)54-47(43(59)60)24-29(47)15-11-9-8-10-12-16-33(42(58)56(37)25-31)51-44(61)53-39(46(3,4)5)26-55(6)67(62,63)40-17-13-14-20-48-40/h11,13-15,17-21,23,27-29,31,33,37,39H,8-10,12,16,22,24-26H2,1-7H3,(H,49,52)(H,54,57)(H,59,60)(H2,51,53,61)/b15-11-/t29?,31-,33+,37+,39-,47-/m1/s1. The maximum Gasteiger partial charge on any atom is 0.330 e. The molecule has 7 rings (SSSR count). The van der Waals surface area contributed by atoms with Gasteiger partial charge in [0.2, 0.25) is 11.8 Å². The zero-order valence-electron chi connectivity index (χ0n) is 38.9. The van der Waals surface area contributed by atoms with E-state index in [4.69, 9.17) is 19.4 Å². The van der Waals surface area contributed by atoms with Crippen LogP contribution in [0, 0.1) is 11.3 Å². The molecule has 6 atom stereocenters. The van der Waals surface area contributed by atoms with Crippen LogP contribution in [-0.2, 0) is 24.4 Å². The first-order valence-corrected chi connectivity index (χ1v) is 25.0. The summed E-state index contributed by atoms with van der Waals surface area (Å²) in [7, 11) is -1.02. The van der Waals surface area contributed by atoms with E-state index < -0.39 is 74.9 Å². The van der Waals surface area contributed by atoms with Gasteiger partial charge in [-0.1, -0.05) is 51.8 Å². The monoisotopic (exact) mass is 959 g/mol. The highest BCUT2D eigenvalue weighted by molar-refractivity contribution is 7.89. The van der Waals surface area contributed by atoms with Crippen LogP contribution in [0.1, 0.15) is 79.6 Å². The number of hydrogen-bond donors (Lipinski definition) is 5. The van der Waals surface area contributed by atoms with Crippen molar-refractivity contribution < 1.29 is 42.2 Å². The van der Waals surface area contributed by atoms with Crippen LogP contribution in [0.4, 0.5) is 9.93 Å². The Hall–Kier alpha value is -5.86. The summed E-state index contributed by atoms with van der Waals surface area (Å²) in [4.78, 5) is 71.3. The molecule has 1 saturated carbocycles. The lowest BCUT2D eigenvalue weighted by Gasteiger charge is -2.35. The fraction of sp³-hybridized carbons (Fsp3) is 0.511. The molecule has 4 amide bonds. The average Bonchev–Trinajstić information content (AvgIpc) is 3.54. The molecule has 360 valence electrons. The highest BCUT2D eigenvalue weighted by atomic mass is 32.2. The van der Waals surface area contributed by atoms with Gasteiger partial charge in [0.05, 0.1) is 24.9 Å². The van der Waals surface area contributed by atoms with Gasteiger partial charge >= 0.3 is 12.0 Å². The number of carbonyl (C=O) groups excluding carboxylic acids is 3. The molecule has 18 nitrogen and oxygen atoms in total. The largest absolute Gasteiger partial charge is 0.497 e. The number of carboxylic acid groups (broad SMARTS) is 1. The van der Waals surface area contributed by atoms with Crippen molar-refractivity contribution in [2.24, 2.45) is 11.3 Å². The molecule has 5 N–H and O–H groups in total. The molecule has 20 heteroatoms. The zero-order chi connectivity index (χ0) is 48.3. The number of fused-ring (bicyclic) bond motifs is 3. The first kappa shape index (κ1) is 49.1. The van der Waals surface area contributed by atoms with E-state index >= 15 is 0 Å². The topological polar surface area (TPSA) is 234 Å². The van der Waals surface area contributed by atoms with E-state index in [1.807, 2.05) is 58.2 Å². The van der Waals surface area contributed by atoms with Crippen LogP contribution in [0.15, 0.2) is 71.2 Å². The number of thiazole rings is 1. The molecule has 1 aromatic carbocycles. The number of urea groups is 1. The van der Waals surface area contributed by atoms with Crippen molar-refractivity contribution in [3.63, 3.8) is 0 Å². The number of nitrogens with one attached hydrogen (secondary N) is 4. The number of rotatable bonds is 13. The Kier molecular flexibility index (Phi) is 14.8. The Morgan fingerprint density at radius 3 is 2.58 bits per heavy atom. The number of aromatic nitrogens is 3. The van der Waals surface area contributed by atoms with E-state index in [2.05, 4.69) is 26.3 Å². The third-order valence-electron chi connectivity index (χ3n) is 12.5. The van der Waals surface area contributed by atoms with Crippen molar-refractivity contribution in [1.82, 2.24) is 40.1 Å². The Morgan fingerprint density at radius 2 is 1.88 bits per heavy atom. The number of carboxylic acids is 1. The van der Waals surface area contributed by atoms with E-state index in [1.165, 1.54) is 35.5 Å². The van der Waals surface area contributed by atoms with E-state index in [1.54, 1.807) is 37.4 Å². The lowest BCUT2D eigenvalue weighted by atomic mass is 9.87. The van der Waals surface area contributed by atoms with Crippen molar-refractivity contribution in [1.29, 1.82) is 0 Å². The highest BCUT2D eigenvalue weighted by Crippen LogP contribution is 2.46. The van der Waals surface area contributed by atoms with Gasteiger partial charge in [-0.3, -0.25) is 9.59 Å². The number of benzene rings is 1. The van der Waals surface area contributed by atoms with E-state index in [0.717, 1.165) is 22.3 Å². The molecule has 0 spiro atoms. The summed E-state index contributed by atoms with van der Waals surface area (Å²) in [5.74, 6) is -1.74. The van der Waals surface area contributed by atoms with Crippen LogP contribution in [0.5, 0.6) is 11.5 Å². The van der Waals surface area contributed by atoms with Crippen LogP contribution in [-0.4, -0.2) is 125 Å². The van der Waals surface area contributed by atoms with Crippen LogP contribution in [0.3, 0.4) is 0 Å². The summed E-state index contributed by atoms with van der Waals surface area (Å²) in [6.45, 7) is 9.49. The van der Waals surface area contributed by atoms with Crippen molar-refractivity contribution in [2.75, 3.05) is 32.6 Å². The molecule has 0 bridgehead atoms. The molecular weight excluding hydrogens is 899 g/mol. The number of likely N-dealkylation sites (N-methyl/N-ethyl adjacent to an activating group) is 1. The van der Waals surface area contributed by atoms with Crippen LogP contribution in [0.2, 0.25) is 0 Å². The Bertz CT molecular complexity index is 2600. The number of methoxy groups -OCH3 is 1. The quantitative estimate of drug-likeness (QED) is 0.0997. The van der Waals surface area contributed by atoms with E-state index in [-0.39, 0.29) is 43.4 Å². The second-order valence-corrected chi connectivity index (χ2v) is 21.7. The summed E-state index contributed by atoms with van der Waals surface area (Å²) in [5, 5.41) is 25.5. The van der Waals surface area contributed by atoms with Gasteiger partial charge in [-0.2, -0.15) is 4.31 Å². The molecule has 67 heavy (non-hydrogen) atoms. The van der Waals surface area contributed by atoms with Gasteiger partial charge in [0.15, 0.2) is 10.2 Å². The third-order valence-corrected chi connectivity index (χ3v) is 15.0. The fourth-order valence-electron chi connectivity index (χ4n) is 8.47. The Morgan fingerprint density at radius 1 is 1.09 bits per heavy atom. The molecule has 1 unspecified atom stereocenters. The minimum Gasteiger partial charge on any atom is -0.497 e. The third kappa shape index (κ3) is 11.3. The predicted octanol–water partition coefficient (Wildman–Crippen LogP) is 5.81. The minimum absolute atomic E-state index is 0.0182. The highest BCUT2D eigenvalue weighted by Gasteiger charge is 2.61. The van der Waals surface area contributed by atoms with E-state index in [0.29, 0.717) is 46.6 Å². The van der Waals surface area contributed by atoms with Crippen LogP contribution < -0.4 is 30.7 Å². The second-order valence-electron chi connectivity index (χ2n) is 18.9. The molecule has 3 aliphatic rings. The number of hydrogen-bond acceptors (Lipinski definition) is 13. The lowest BCUT2D eigenvalue weighted by Crippen LogP contribution is -2.59. The van der Waals surface area contributed by atoms with E-state index in [9.17, 15) is 32.7 Å². The average molecular weight is 960 g/mol. The number of carbonyl (C=O) groups is 4. The van der Waals surface area contributed by atoms with Gasteiger partial charge in [0.25, 0.3) is 10.0 Å². The second kappa shape index (κ2) is 20.2. The maximum absolute atomic E-state index is 15.0. The zero-order valence-corrected chi connectivity index (χ0v) is 40.6. The molecular formula is C47H61N9O9S2. The van der Waals surface area contributed by atoms with Gasteiger partial charge in [-0.25, -0.2) is 33.0 Å². The Balaban J connectivity index is 1.18. The summed E-state index contributed by atoms with van der Waals surface area (Å²) >= 11 is 1.44. The number of pyridine rings is 2. The molecule has 2 fully saturated rings. The first-order chi connectivity index (χ1) is 31.8. The summed E-state index contributed by atoms with van der Waals surface area (Å²) < 4.78 is 40.3. The van der Waals surface area contributed by atoms with Gasteiger partial charge < -0.3 is 40.7 Å². The van der Waals surface area contributed by atoms with Gasteiger partial charge in [-0.15, -0.1) is 11.3 Å². The predicted molar refractivity (Wildman–Crippen MR) is 254 cm³/mol. The SMILES string of the molecule is COc1ccc2c(O[C@@H]3C[C@H]4C(=O)N[C@]5(C(=O)O)CC5/C=C\CCCCC[C@H](NC(=O)N[C@H](CN(C)S(=O)(=O)c5ccccn5)C(C)(C)C)C(=O)N4C3)cc(-c3csc(NC(C)C)n3)nc2c1. The van der Waals surface area contributed by atoms with Gasteiger partial charge in [0.1, 0.15) is 40.9 Å². The summed E-state index contributed by atoms with van der Waals surface area (Å²) in [6, 6.07) is 8.27. The normalized spacial score (nSPS) is 23.6. The summed E-state index contributed by atoms with van der Waals surface area (Å²) in [5.41, 5.74) is -0.440. The smallest absolute Gasteiger partial charge is 0.330 e. The fourth-order valence-corrected chi connectivity index (χ4v) is 10.4. The van der Waals surface area contributed by atoms with Crippen molar-refractivity contribution >= 4 is 61.2 Å². The maximum atomic E-state index is 15.0. The molecule has 3 aromatic heterocycles. The van der Waals surface area contributed by atoms with Crippen molar-refractivity contribution in [2.45, 2.75) is 120 Å². The van der Waals surface area contributed by atoms with Crippen molar-refractivity contribution in [3.05, 3.63) is 66.2 Å². The van der Waals surface area contributed by atoms with Gasteiger partial charge in [0, 0.05) is 67.1 Å².